The number of Topliss-reactive ketones (excluding diaryl/α,β-unsaturated/α-hetero) is 1. The van der Waals surface area contributed by atoms with Crippen molar-refractivity contribution in [3.8, 4) is 0 Å². The highest BCUT2D eigenvalue weighted by molar-refractivity contribution is 9.10. The summed E-state index contributed by atoms with van der Waals surface area (Å²) in [4.78, 5) is 14.0. The smallest absolute Gasteiger partial charge is 0.265 e. The summed E-state index contributed by atoms with van der Waals surface area (Å²) in [7, 11) is -4.03. The van der Waals surface area contributed by atoms with Crippen LogP contribution in [0.2, 0.25) is 0 Å². The van der Waals surface area contributed by atoms with Crippen LogP contribution in [0.5, 0.6) is 0 Å². The molecule has 4 aromatic carbocycles. The number of hydrogen-bond donors (Lipinski definition) is 0. The standard InChI is InChI=1S/C28H19Br2NO3S/c29-20-16-14-19(15-17-20)18-24-27(22-10-4-6-12-25(22)30)31(26-13-7-5-11-23(26)28(24)32)35(33,34)21-8-2-1-3-9-21/h1-18,27H. The van der Waals surface area contributed by atoms with Gasteiger partial charge in [0, 0.05) is 20.1 Å². The first-order valence-electron chi connectivity index (χ1n) is 10.8. The second kappa shape index (κ2) is 9.57. The normalized spacial score (nSPS) is 16.9. The molecule has 0 radical (unpaired) electrons. The molecule has 1 unspecified atom stereocenters. The number of anilines is 1. The van der Waals surface area contributed by atoms with Gasteiger partial charge in [-0.2, -0.15) is 0 Å². The monoisotopic (exact) mass is 607 g/mol. The van der Waals surface area contributed by atoms with E-state index in [1.165, 1.54) is 4.31 Å². The van der Waals surface area contributed by atoms with Crippen LogP contribution in [0.4, 0.5) is 5.69 Å². The minimum atomic E-state index is -4.03. The van der Waals surface area contributed by atoms with Crippen LogP contribution in [-0.4, -0.2) is 14.2 Å². The van der Waals surface area contributed by atoms with Gasteiger partial charge in [0.25, 0.3) is 10.0 Å². The van der Waals surface area contributed by atoms with E-state index in [0.29, 0.717) is 26.9 Å². The summed E-state index contributed by atoms with van der Waals surface area (Å²) in [5.74, 6) is -0.205. The molecule has 0 aliphatic carbocycles. The number of para-hydroxylation sites is 1. The molecule has 174 valence electrons. The number of nitrogens with zero attached hydrogens (tertiary/aromatic N) is 1. The number of carbonyl (C=O) groups is 1. The van der Waals surface area contributed by atoms with Gasteiger partial charge in [-0.3, -0.25) is 9.10 Å². The van der Waals surface area contributed by atoms with Crippen molar-refractivity contribution >= 4 is 59.4 Å². The molecule has 0 fully saturated rings. The molecule has 4 aromatic rings. The summed E-state index contributed by atoms with van der Waals surface area (Å²) in [5.41, 5.74) is 2.55. The minimum absolute atomic E-state index is 0.157. The second-order valence-corrected chi connectivity index (χ2v) is 11.6. The van der Waals surface area contributed by atoms with E-state index in [4.69, 9.17) is 0 Å². The number of benzene rings is 4. The topological polar surface area (TPSA) is 54.5 Å². The van der Waals surface area contributed by atoms with Gasteiger partial charge in [0.15, 0.2) is 5.78 Å². The van der Waals surface area contributed by atoms with Gasteiger partial charge < -0.3 is 0 Å². The number of hydrogen-bond acceptors (Lipinski definition) is 3. The van der Waals surface area contributed by atoms with Gasteiger partial charge in [-0.05, 0) is 59.7 Å². The first-order valence-corrected chi connectivity index (χ1v) is 13.9. The van der Waals surface area contributed by atoms with E-state index in [2.05, 4.69) is 31.9 Å². The predicted octanol–water partition coefficient (Wildman–Crippen LogP) is 7.43. The summed E-state index contributed by atoms with van der Waals surface area (Å²) < 4.78 is 31.3. The summed E-state index contributed by atoms with van der Waals surface area (Å²) in [6.07, 6.45) is 1.78. The number of carbonyl (C=O) groups excluding carboxylic acids is 1. The van der Waals surface area contributed by atoms with Gasteiger partial charge in [0.2, 0.25) is 0 Å². The van der Waals surface area contributed by atoms with Crippen LogP contribution in [0, 0.1) is 0 Å². The van der Waals surface area contributed by atoms with Crippen molar-refractivity contribution in [3.05, 3.63) is 134 Å². The summed E-state index contributed by atoms with van der Waals surface area (Å²) >= 11 is 7.04. The number of ketones is 1. The van der Waals surface area contributed by atoms with E-state index in [1.54, 1.807) is 60.7 Å². The Morgan fingerprint density at radius 1 is 0.743 bits per heavy atom. The van der Waals surface area contributed by atoms with Crippen LogP contribution >= 0.6 is 31.9 Å². The van der Waals surface area contributed by atoms with E-state index < -0.39 is 16.1 Å². The predicted molar refractivity (Wildman–Crippen MR) is 146 cm³/mol. The van der Waals surface area contributed by atoms with Crippen molar-refractivity contribution in [1.82, 2.24) is 0 Å². The maximum absolute atomic E-state index is 14.2. The van der Waals surface area contributed by atoms with Crippen molar-refractivity contribution in [3.63, 3.8) is 0 Å². The van der Waals surface area contributed by atoms with Crippen LogP contribution in [0.25, 0.3) is 6.08 Å². The Bertz CT molecular complexity index is 1550. The molecule has 0 saturated heterocycles. The molecule has 0 amide bonds. The third-order valence-electron chi connectivity index (χ3n) is 5.87. The maximum atomic E-state index is 14.2. The van der Waals surface area contributed by atoms with Crippen molar-refractivity contribution in [2.24, 2.45) is 0 Å². The fraction of sp³-hybridized carbons (Fsp3) is 0.0357. The molecular formula is C28H19Br2NO3S. The number of sulfonamides is 1. The Kier molecular flexibility index (Phi) is 6.49. The van der Waals surface area contributed by atoms with Crippen LogP contribution in [-0.2, 0) is 10.0 Å². The Morgan fingerprint density at radius 2 is 1.37 bits per heavy atom. The molecule has 7 heteroatoms. The molecule has 1 aliphatic rings. The third-order valence-corrected chi connectivity index (χ3v) is 8.91. The lowest BCUT2D eigenvalue weighted by Crippen LogP contribution is -2.41. The molecule has 1 aliphatic heterocycles. The van der Waals surface area contributed by atoms with Crippen molar-refractivity contribution in [2.75, 3.05) is 4.31 Å². The Hall–Kier alpha value is -3.00. The molecule has 1 heterocycles. The van der Waals surface area contributed by atoms with Crippen LogP contribution in [0.1, 0.15) is 27.5 Å². The van der Waals surface area contributed by atoms with Crippen LogP contribution in [0.15, 0.2) is 123 Å². The second-order valence-electron chi connectivity index (χ2n) is 8.04. The third kappa shape index (κ3) is 4.40. The first kappa shape index (κ1) is 23.7. The zero-order valence-corrected chi connectivity index (χ0v) is 22.3. The fourth-order valence-corrected chi connectivity index (χ4v) is 6.67. The van der Waals surface area contributed by atoms with E-state index >= 15 is 0 Å². The molecule has 1 atom stereocenters. The van der Waals surface area contributed by atoms with Crippen LogP contribution < -0.4 is 4.31 Å². The Labute approximate surface area is 221 Å². The molecule has 0 bridgehead atoms. The molecule has 0 aromatic heterocycles. The fourth-order valence-electron chi connectivity index (χ4n) is 4.25. The molecule has 0 spiro atoms. The highest BCUT2D eigenvalue weighted by Gasteiger charge is 2.43. The number of rotatable bonds is 4. The lowest BCUT2D eigenvalue weighted by Gasteiger charge is -2.39. The SMILES string of the molecule is O=C1C(=Cc2ccc(Br)cc2)C(c2ccccc2Br)N(S(=O)(=O)c2ccccc2)c2ccccc21. The average molecular weight is 609 g/mol. The Balaban J connectivity index is 1.84. The molecule has 0 saturated carbocycles. The lowest BCUT2D eigenvalue weighted by atomic mass is 9.86. The van der Waals surface area contributed by atoms with Gasteiger partial charge in [0.1, 0.15) is 6.04 Å². The molecule has 4 nitrogen and oxygen atoms in total. The average Bonchev–Trinajstić information content (AvgIpc) is 2.87. The van der Waals surface area contributed by atoms with E-state index in [9.17, 15) is 13.2 Å². The maximum Gasteiger partial charge on any atom is 0.265 e. The van der Waals surface area contributed by atoms with Crippen molar-refractivity contribution in [2.45, 2.75) is 10.9 Å². The van der Waals surface area contributed by atoms with E-state index in [1.807, 2.05) is 48.5 Å². The minimum Gasteiger partial charge on any atom is -0.289 e. The van der Waals surface area contributed by atoms with Gasteiger partial charge in [-0.25, -0.2) is 8.42 Å². The first-order chi connectivity index (χ1) is 16.9. The highest BCUT2D eigenvalue weighted by Crippen LogP contribution is 2.47. The van der Waals surface area contributed by atoms with Gasteiger partial charge >= 0.3 is 0 Å². The van der Waals surface area contributed by atoms with E-state index in [-0.39, 0.29) is 10.7 Å². The van der Waals surface area contributed by atoms with Crippen molar-refractivity contribution in [1.29, 1.82) is 0 Å². The van der Waals surface area contributed by atoms with Gasteiger partial charge in [-0.1, -0.05) is 92.5 Å². The largest absolute Gasteiger partial charge is 0.289 e. The number of halogens is 2. The van der Waals surface area contributed by atoms with Crippen LogP contribution in [0.3, 0.4) is 0 Å². The summed E-state index contributed by atoms with van der Waals surface area (Å²) in [6.45, 7) is 0. The highest BCUT2D eigenvalue weighted by atomic mass is 79.9. The lowest BCUT2D eigenvalue weighted by molar-refractivity contribution is 0.102. The van der Waals surface area contributed by atoms with Gasteiger partial charge in [-0.15, -0.1) is 0 Å². The van der Waals surface area contributed by atoms with Gasteiger partial charge in [0.05, 0.1) is 10.6 Å². The zero-order valence-electron chi connectivity index (χ0n) is 18.3. The van der Waals surface area contributed by atoms with Crippen molar-refractivity contribution < 1.29 is 13.2 Å². The number of fused-ring (bicyclic) bond motifs is 1. The summed E-state index contributed by atoms with van der Waals surface area (Å²) in [5, 5.41) is 0. The van der Waals surface area contributed by atoms with E-state index in [0.717, 1.165) is 10.0 Å². The quantitative estimate of drug-likeness (QED) is 0.226. The summed E-state index contributed by atoms with van der Waals surface area (Å²) in [6, 6.07) is 29.3. The zero-order chi connectivity index (χ0) is 24.6. The Morgan fingerprint density at radius 3 is 2.09 bits per heavy atom. The molecule has 35 heavy (non-hydrogen) atoms. The molecular weight excluding hydrogens is 590 g/mol. The molecule has 0 N–H and O–H groups in total. The molecule has 5 rings (SSSR count).